The summed E-state index contributed by atoms with van der Waals surface area (Å²) < 4.78 is 8.24. The van der Waals surface area contributed by atoms with Gasteiger partial charge in [-0.2, -0.15) is 0 Å². The summed E-state index contributed by atoms with van der Waals surface area (Å²) in [7, 11) is 1.86. The maximum Gasteiger partial charge on any atom is 0.0856 e. The predicted octanol–water partition coefficient (Wildman–Crippen LogP) is 2.70. The molecule has 100 valence electrons. The molecule has 0 radical (unpaired) electrons. The molecule has 0 saturated heterocycles. The van der Waals surface area contributed by atoms with Gasteiger partial charge >= 0.3 is 0 Å². The second-order valence-corrected chi connectivity index (χ2v) is 6.01. The average molecular weight is 248 g/mol. The molecule has 3 nitrogen and oxygen atoms in total. The highest BCUT2D eigenvalue weighted by Gasteiger charge is 2.38. The van der Waals surface area contributed by atoms with Gasteiger partial charge in [-0.25, -0.2) is 0 Å². The third-order valence-corrected chi connectivity index (χ3v) is 4.92. The number of ether oxygens (including phenoxy) is 1. The van der Waals surface area contributed by atoms with Gasteiger partial charge < -0.3 is 15.0 Å². The van der Waals surface area contributed by atoms with E-state index in [1.165, 1.54) is 49.1 Å². The predicted molar refractivity (Wildman–Crippen MR) is 72.6 cm³/mol. The molecular formula is C15H24N2O. The van der Waals surface area contributed by atoms with E-state index < -0.39 is 0 Å². The summed E-state index contributed by atoms with van der Waals surface area (Å²) in [5.41, 5.74) is 10.5. The van der Waals surface area contributed by atoms with E-state index >= 15 is 0 Å². The summed E-state index contributed by atoms with van der Waals surface area (Å²) in [6.07, 6.45) is 7.22. The number of aryl methyl sites for hydroxylation is 1. The Morgan fingerprint density at radius 3 is 2.83 bits per heavy atom. The number of rotatable bonds is 3. The van der Waals surface area contributed by atoms with E-state index in [9.17, 15) is 0 Å². The first-order valence-corrected chi connectivity index (χ1v) is 7.15. The lowest BCUT2D eigenvalue weighted by Gasteiger charge is -2.41. The fourth-order valence-corrected chi connectivity index (χ4v) is 3.51. The quantitative estimate of drug-likeness (QED) is 0.893. The summed E-state index contributed by atoms with van der Waals surface area (Å²) >= 11 is 0. The van der Waals surface area contributed by atoms with Crippen molar-refractivity contribution >= 4 is 0 Å². The first kappa shape index (κ1) is 12.2. The first-order valence-electron chi connectivity index (χ1n) is 7.15. The number of nitrogens with two attached hydrogens (primary N) is 1. The van der Waals surface area contributed by atoms with E-state index in [1.54, 1.807) is 0 Å². The van der Waals surface area contributed by atoms with Gasteiger partial charge in [-0.1, -0.05) is 0 Å². The molecule has 2 N–H and O–H groups in total. The largest absolute Gasteiger partial charge is 0.376 e. The lowest BCUT2D eigenvalue weighted by molar-refractivity contribution is -0.0842. The van der Waals surface area contributed by atoms with Gasteiger partial charge in [0.2, 0.25) is 0 Å². The third kappa shape index (κ3) is 1.81. The molecule has 1 atom stereocenters. The van der Waals surface area contributed by atoms with E-state index in [4.69, 9.17) is 10.5 Å². The van der Waals surface area contributed by atoms with Crippen LogP contribution in [-0.2, 0) is 17.7 Å². The van der Waals surface area contributed by atoms with Gasteiger partial charge in [-0.3, -0.25) is 0 Å². The summed E-state index contributed by atoms with van der Waals surface area (Å²) in [5.74, 6) is 0. The molecule has 1 unspecified atom stereocenters. The van der Waals surface area contributed by atoms with Gasteiger partial charge in [0.15, 0.2) is 0 Å². The van der Waals surface area contributed by atoms with E-state index in [1.807, 2.05) is 7.11 Å². The number of fused-ring (bicyclic) bond motifs is 1. The fourth-order valence-electron chi connectivity index (χ4n) is 3.51. The molecule has 18 heavy (non-hydrogen) atoms. The van der Waals surface area contributed by atoms with Crippen molar-refractivity contribution in [1.82, 2.24) is 4.57 Å². The van der Waals surface area contributed by atoms with Crippen molar-refractivity contribution in [2.75, 3.05) is 7.11 Å². The van der Waals surface area contributed by atoms with Crippen molar-refractivity contribution in [3.8, 4) is 0 Å². The molecule has 0 amide bonds. The number of methoxy groups -OCH3 is 1. The summed E-state index contributed by atoms with van der Waals surface area (Å²) in [6.45, 7) is 3.21. The zero-order chi connectivity index (χ0) is 12.8. The minimum absolute atomic E-state index is 0.0963. The Kier molecular flexibility index (Phi) is 2.99. The molecule has 0 aromatic carbocycles. The normalized spacial score (nSPS) is 25.6. The van der Waals surface area contributed by atoms with Crippen LogP contribution in [0.15, 0.2) is 6.07 Å². The van der Waals surface area contributed by atoms with Crippen LogP contribution in [0, 0.1) is 6.92 Å². The Labute approximate surface area is 109 Å². The monoisotopic (exact) mass is 248 g/mol. The second-order valence-electron chi connectivity index (χ2n) is 6.01. The van der Waals surface area contributed by atoms with Crippen LogP contribution in [0.2, 0.25) is 0 Å². The zero-order valence-electron chi connectivity index (χ0n) is 11.5. The summed E-state index contributed by atoms with van der Waals surface area (Å²) in [6, 6.07) is 2.54. The van der Waals surface area contributed by atoms with Crippen LogP contribution < -0.4 is 5.73 Å². The fraction of sp³-hybridized carbons (Fsp3) is 0.733. The van der Waals surface area contributed by atoms with Crippen LogP contribution in [0.3, 0.4) is 0 Å². The number of hydrogen-bond donors (Lipinski definition) is 1. The maximum absolute atomic E-state index is 6.23. The highest BCUT2D eigenvalue weighted by molar-refractivity contribution is 5.33. The molecule has 1 fully saturated rings. The average Bonchev–Trinajstić information content (AvgIpc) is 2.62. The molecule has 1 saturated carbocycles. The Bertz CT molecular complexity index is 440. The molecule has 0 bridgehead atoms. The Balaban J connectivity index is 1.92. The molecule has 2 aliphatic rings. The number of hydrogen-bond acceptors (Lipinski definition) is 2. The van der Waals surface area contributed by atoms with Gasteiger partial charge in [-0.15, -0.1) is 0 Å². The standard InChI is InChI=1S/C15H24N2O/c1-11-9-12-13(16)5-3-6-14(12)17(11)10-15(18-2)7-4-8-15/h9,13H,3-8,10,16H2,1-2H3. The number of aromatic nitrogens is 1. The smallest absolute Gasteiger partial charge is 0.0856 e. The van der Waals surface area contributed by atoms with Crippen molar-refractivity contribution in [3.05, 3.63) is 23.0 Å². The van der Waals surface area contributed by atoms with Gasteiger partial charge in [0.05, 0.1) is 12.1 Å². The molecule has 1 aromatic rings. The Morgan fingerprint density at radius 1 is 1.44 bits per heavy atom. The Morgan fingerprint density at radius 2 is 2.22 bits per heavy atom. The van der Waals surface area contributed by atoms with E-state index in [0.717, 1.165) is 13.0 Å². The highest BCUT2D eigenvalue weighted by atomic mass is 16.5. The molecule has 1 aromatic heterocycles. The minimum atomic E-state index is 0.0963. The van der Waals surface area contributed by atoms with Gasteiger partial charge in [-0.05, 0) is 57.1 Å². The molecule has 3 heteroatoms. The van der Waals surface area contributed by atoms with E-state index in [0.29, 0.717) is 0 Å². The van der Waals surface area contributed by atoms with Crippen LogP contribution in [0.1, 0.15) is 55.1 Å². The van der Waals surface area contributed by atoms with Gasteiger partial charge in [0.25, 0.3) is 0 Å². The van der Waals surface area contributed by atoms with E-state index in [2.05, 4.69) is 17.6 Å². The highest BCUT2D eigenvalue weighted by Crippen LogP contribution is 2.39. The van der Waals surface area contributed by atoms with Crippen molar-refractivity contribution in [2.45, 2.75) is 63.6 Å². The SMILES string of the molecule is COC1(Cn2c(C)cc3c2CCCC3N)CCC1. The van der Waals surface area contributed by atoms with Crippen LogP contribution in [0.25, 0.3) is 0 Å². The zero-order valence-corrected chi connectivity index (χ0v) is 11.5. The Hall–Kier alpha value is -0.800. The molecular weight excluding hydrogens is 224 g/mol. The van der Waals surface area contributed by atoms with E-state index in [-0.39, 0.29) is 11.6 Å². The van der Waals surface area contributed by atoms with Gasteiger partial charge in [0.1, 0.15) is 0 Å². The van der Waals surface area contributed by atoms with Crippen LogP contribution in [0.5, 0.6) is 0 Å². The van der Waals surface area contributed by atoms with Crippen LogP contribution >= 0.6 is 0 Å². The number of nitrogens with zero attached hydrogens (tertiary/aromatic N) is 1. The minimum Gasteiger partial charge on any atom is -0.376 e. The molecule has 0 aliphatic heterocycles. The first-order chi connectivity index (χ1) is 8.65. The van der Waals surface area contributed by atoms with Crippen molar-refractivity contribution < 1.29 is 4.74 Å². The van der Waals surface area contributed by atoms with Gasteiger partial charge in [0, 0.05) is 24.5 Å². The summed E-state index contributed by atoms with van der Waals surface area (Å²) in [4.78, 5) is 0. The second kappa shape index (κ2) is 4.39. The lowest BCUT2D eigenvalue weighted by Crippen LogP contribution is -2.43. The maximum atomic E-state index is 6.23. The molecule has 2 aliphatic carbocycles. The summed E-state index contributed by atoms with van der Waals surface area (Å²) in [5, 5.41) is 0. The van der Waals surface area contributed by atoms with Crippen molar-refractivity contribution in [2.24, 2.45) is 5.73 Å². The molecule has 3 rings (SSSR count). The third-order valence-electron chi connectivity index (χ3n) is 4.92. The van der Waals surface area contributed by atoms with Crippen molar-refractivity contribution in [3.63, 3.8) is 0 Å². The van der Waals surface area contributed by atoms with Crippen LogP contribution in [-0.4, -0.2) is 17.3 Å². The molecule has 0 spiro atoms. The lowest BCUT2D eigenvalue weighted by atomic mass is 9.79. The molecule has 1 heterocycles. The topological polar surface area (TPSA) is 40.2 Å². The van der Waals surface area contributed by atoms with Crippen LogP contribution in [0.4, 0.5) is 0 Å². The van der Waals surface area contributed by atoms with Crippen molar-refractivity contribution in [1.29, 1.82) is 0 Å².